The van der Waals surface area contributed by atoms with Gasteiger partial charge in [-0.05, 0) is 38.0 Å². The van der Waals surface area contributed by atoms with Crippen molar-refractivity contribution in [3.8, 4) is 0 Å². The second-order valence-corrected chi connectivity index (χ2v) is 7.35. The smallest absolute Gasteiger partial charge is 0.233 e. The average Bonchev–Trinajstić information content (AvgIpc) is 2.71. The quantitative estimate of drug-likeness (QED) is 0.184. The fraction of sp³-hybridized carbons (Fsp3) is 0.895. The zero-order valence-electron chi connectivity index (χ0n) is 17.4. The van der Waals surface area contributed by atoms with Gasteiger partial charge in [0.2, 0.25) is 5.91 Å². The molecule has 0 saturated carbocycles. The van der Waals surface area contributed by atoms with Crippen LogP contribution in [0.1, 0.15) is 32.1 Å². The number of rotatable bonds is 9. The molecule has 2 heterocycles. The van der Waals surface area contributed by atoms with Crippen LogP contribution in [0.2, 0.25) is 0 Å². The second-order valence-electron chi connectivity index (χ2n) is 7.35. The molecule has 28 heavy (non-hydrogen) atoms. The van der Waals surface area contributed by atoms with E-state index in [9.17, 15) is 4.79 Å². The monoisotopic (exact) mass is 511 g/mol. The third-order valence-electron chi connectivity index (χ3n) is 5.25. The van der Waals surface area contributed by atoms with Crippen molar-refractivity contribution in [3.63, 3.8) is 0 Å². The van der Waals surface area contributed by atoms with Gasteiger partial charge in [0, 0.05) is 66.2 Å². The van der Waals surface area contributed by atoms with E-state index in [4.69, 9.17) is 9.47 Å². The van der Waals surface area contributed by atoms with Crippen LogP contribution in [-0.4, -0.2) is 89.5 Å². The number of nitrogens with one attached hydrogen (secondary N) is 3. The Morgan fingerprint density at radius 2 is 1.93 bits per heavy atom. The summed E-state index contributed by atoms with van der Waals surface area (Å²) >= 11 is 0. The first kappa shape index (κ1) is 25.4. The van der Waals surface area contributed by atoms with Crippen molar-refractivity contribution in [2.24, 2.45) is 10.9 Å². The molecule has 0 aromatic carbocycles. The molecule has 2 rings (SSSR count). The van der Waals surface area contributed by atoms with E-state index >= 15 is 0 Å². The maximum atomic E-state index is 11.5. The first-order valence-electron chi connectivity index (χ1n) is 10.3. The number of ether oxygens (including phenoxy) is 2. The van der Waals surface area contributed by atoms with Gasteiger partial charge in [-0.3, -0.25) is 14.7 Å². The number of amides is 1. The third kappa shape index (κ3) is 10.2. The molecule has 1 amide bonds. The molecular weight excluding hydrogens is 473 g/mol. The van der Waals surface area contributed by atoms with Crippen LogP contribution in [0.4, 0.5) is 0 Å². The number of halogens is 1. The lowest BCUT2D eigenvalue weighted by Crippen LogP contribution is -2.50. The Hall–Kier alpha value is -0.650. The molecule has 164 valence electrons. The molecule has 0 aromatic heterocycles. The number of carbonyl (C=O) groups excluding carboxylic acids is 1. The van der Waals surface area contributed by atoms with Crippen LogP contribution in [-0.2, 0) is 14.3 Å². The van der Waals surface area contributed by atoms with E-state index in [2.05, 4.69) is 25.8 Å². The van der Waals surface area contributed by atoms with Crippen LogP contribution in [0.3, 0.4) is 0 Å². The summed E-state index contributed by atoms with van der Waals surface area (Å²) in [4.78, 5) is 18.0. The molecule has 2 fully saturated rings. The lowest BCUT2D eigenvalue weighted by Gasteiger charge is -2.32. The zero-order valence-corrected chi connectivity index (χ0v) is 19.7. The van der Waals surface area contributed by atoms with E-state index in [1.54, 1.807) is 14.1 Å². The van der Waals surface area contributed by atoms with E-state index < -0.39 is 0 Å². The third-order valence-corrected chi connectivity index (χ3v) is 5.25. The second kappa shape index (κ2) is 15.2. The minimum absolute atomic E-state index is 0. The van der Waals surface area contributed by atoms with Gasteiger partial charge in [-0.1, -0.05) is 0 Å². The number of guanidine groups is 1. The fourth-order valence-corrected chi connectivity index (χ4v) is 3.45. The number of hydrogen-bond donors (Lipinski definition) is 3. The maximum absolute atomic E-state index is 11.5. The van der Waals surface area contributed by atoms with Crippen LogP contribution in [0, 0.1) is 5.92 Å². The van der Waals surface area contributed by atoms with Gasteiger partial charge in [-0.15, -0.1) is 24.0 Å². The highest BCUT2D eigenvalue weighted by atomic mass is 127. The summed E-state index contributed by atoms with van der Waals surface area (Å²) in [7, 11) is 3.49. The molecule has 0 spiro atoms. The molecular formula is C19H38IN5O3. The van der Waals surface area contributed by atoms with Gasteiger partial charge in [0.1, 0.15) is 0 Å². The molecule has 8 nitrogen and oxygen atoms in total. The van der Waals surface area contributed by atoms with E-state index in [1.165, 1.54) is 0 Å². The Morgan fingerprint density at radius 1 is 1.21 bits per heavy atom. The van der Waals surface area contributed by atoms with Crippen LogP contribution in [0.25, 0.3) is 0 Å². The highest BCUT2D eigenvalue weighted by molar-refractivity contribution is 14.0. The van der Waals surface area contributed by atoms with Gasteiger partial charge >= 0.3 is 0 Å². The predicted octanol–water partition coefficient (Wildman–Crippen LogP) is 0.813. The molecule has 0 radical (unpaired) electrons. The summed E-state index contributed by atoms with van der Waals surface area (Å²) in [6.07, 6.45) is 5.25. The van der Waals surface area contributed by atoms with Crippen molar-refractivity contribution in [2.75, 3.05) is 66.7 Å². The molecule has 0 bridgehead atoms. The van der Waals surface area contributed by atoms with Gasteiger partial charge < -0.3 is 25.4 Å². The zero-order chi connectivity index (χ0) is 19.3. The minimum Gasteiger partial charge on any atom is -0.381 e. The van der Waals surface area contributed by atoms with Gasteiger partial charge in [0.05, 0.1) is 6.54 Å². The Balaban J connectivity index is 0.00000392. The average molecular weight is 511 g/mol. The predicted molar refractivity (Wildman–Crippen MR) is 122 cm³/mol. The highest BCUT2D eigenvalue weighted by Gasteiger charge is 2.21. The molecule has 2 saturated heterocycles. The number of aliphatic imine (C=N–C) groups is 1. The number of likely N-dealkylation sites (N-methyl/N-ethyl adjacent to an activating group) is 1. The number of nitrogens with zero attached hydrogens (tertiary/aromatic N) is 2. The van der Waals surface area contributed by atoms with Crippen molar-refractivity contribution < 1.29 is 14.3 Å². The SMILES string of the molecule is CN=C(NCCCOCC1CCOCC1)NC1CCN(CC(=O)NC)CC1.I. The first-order chi connectivity index (χ1) is 13.2. The molecule has 2 aliphatic rings. The number of hydrogen-bond acceptors (Lipinski definition) is 5. The topological polar surface area (TPSA) is 87.2 Å². The van der Waals surface area contributed by atoms with Crippen LogP contribution in [0.15, 0.2) is 4.99 Å². The van der Waals surface area contributed by atoms with E-state index in [0.717, 1.165) is 84.1 Å². The van der Waals surface area contributed by atoms with Gasteiger partial charge in [0.25, 0.3) is 0 Å². The number of carbonyl (C=O) groups is 1. The maximum Gasteiger partial charge on any atom is 0.233 e. The minimum atomic E-state index is 0. The lowest BCUT2D eigenvalue weighted by atomic mass is 10.0. The first-order valence-corrected chi connectivity index (χ1v) is 10.3. The Kier molecular flexibility index (Phi) is 13.8. The van der Waals surface area contributed by atoms with Gasteiger partial charge in [0.15, 0.2) is 5.96 Å². The molecule has 9 heteroatoms. The van der Waals surface area contributed by atoms with Crippen LogP contribution >= 0.6 is 24.0 Å². The van der Waals surface area contributed by atoms with E-state index in [-0.39, 0.29) is 29.9 Å². The Bertz CT molecular complexity index is 453. The molecule has 0 atom stereocenters. The summed E-state index contributed by atoms with van der Waals surface area (Å²) in [5, 5.41) is 9.54. The number of piperidine rings is 1. The summed E-state index contributed by atoms with van der Waals surface area (Å²) in [5.74, 6) is 1.59. The molecule has 0 aromatic rings. The standard InChI is InChI=1S/C19H37N5O3.HI/c1-20-18(25)14-24-9-4-17(5-10-24)23-19(21-2)22-8-3-11-27-15-16-6-12-26-13-7-16;/h16-17H,3-15H2,1-2H3,(H,20,25)(H2,21,22,23);1H. The summed E-state index contributed by atoms with van der Waals surface area (Å²) in [5.41, 5.74) is 0. The van der Waals surface area contributed by atoms with Crippen molar-refractivity contribution in [1.29, 1.82) is 0 Å². The molecule has 3 N–H and O–H groups in total. The fourth-order valence-electron chi connectivity index (χ4n) is 3.45. The Morgan fingerprint density at radius 3 is 2.57 bits per heavy atom. The number of likely N-dealkylation sites (tertiary alicyclic amines) is 1. The lowest BCUT2D eigenvalue weighted by molar-refractivity contribution is -0.122. The summed E-state index contributed by atoms with van der Waals surface area (Å²) in [6.45, 7) is 6.59. The molecule has 0 unspecified atom stereocenters. The van der Waals surface area contributed by atoms with Crippen molar-refractivity contribution in [1.82, 2.24) is 20.9 Å². The highest BCUT2D eigenvalue weighted by Crippen LogP contribution is 2.14. The van der Waals surface area contributed by atoms with E-state index in [1.807, 2.05) is 0 Å². The Labute approximate surface area is 186 Å². The van der Waals surface area contributed by atoms with Crippen LogP contribution < -0.4 is 16.0 Å². The molecule has 0 aliphatic carbocycles. The van der Waals surface area contributed by atoms with Crippen molar-refractivity contribution in [3.05, 3.63) is 0 Å². The summed E-state index contributed by atoms with van der Waals surface area (Å²) in [6, 6.07) is 0.405. The van der Waals surface area contributed by atoms with E-state index in [0.29, 0.717) is 18.5 Å². The normalized spacial score (nSPS) is 19.7. The van der Waals surface area contributed by atoms with Crippen molar-refractivity contribution in [2.45, 2.75) is 38.1 Å². The van der Waals surface area contributed by atoms with Gasteiger partial charge in [-0.2, -0.15) is 0 Å². The van der Waals surface area contributed by atoms with Crippen molar-refractivity contribution >= 4 is 35.8 Å². The van der Waals surface area contributed by atoms with Gasteiger partial charge in [-0.25, -0.2) is 0 Å². The summed E-state index contributed by atoms with van der Waals surface area (Å²) < 4.78 is 11.2. The molecule has 2 aliphatic heterocycles. The van der Waals surface area contributed by atoms with Crippen LogP contribution in [0.5, 0.6) is 0 Å². The largest absolute Gasteiger partial charge is 0.381 e.